The fraction of sp³-hybridized carbons (Fsp3) is 0.500. The van der Waals surface area contributed by atoms with Crippen molar-refractivity contribution in [3.05, 3.63) is 35.0 Å². The first kappa shape index (κ1) is 13.8. The number of carbonyl (C=O) groups is 1. The molecule has 22 heavy (non-hydrogen) atoms. The van der Waals surface area contributed by atoms with E-state index >= 15 is 0 Å². The zero-order chi connectivity index (χ0) is 15.3. The predicted octanol–water partition coefficient (Wildman–Crippen LogP) is 2.66. The van der Waals surface area contributed by atoms with Crippen molar-refractivity contribution in [3.8, 4) is 0 Å². The molecular weight excluding hydrogens is 274 g/mol. The smallest absolute Gasteiger partial charge is 0.267 e. The van der Waals surface area contributed by atoms with E-state index < -0.39 is 0 Å². The van der Waals surface area contributed by atoms with Crippen molar-refractivity contribution < 1.29 is 4.79 Å². The fourth-order valence-electron chi connectivity index (χ4n) is 4.21. The summed E-state index contributed by atoms with van der Waals surface area (Å²) in [5, 5.41) is 7.90. The van der Waals surface area contributed by atoms with Crippen LogP contribution in [0.4, 0.5) is 0 Å². The van der Waals surface area contributed by atoms with Crippen LogP contribution in [0.2, 0.25) is 0 Å². The molecule has 4 nitrogen and oxygen atoms in total. The van der Waals surface area contributed by atoms with Gasteiger partial charge in [0.1, 0.15) is 5.69 Å². The average Bonchev–Trinajstić information content (AvgIpc) is 3.02. The van der Waals surface area contributed by atoms with Crippen LogP contribution in [-0.2, 0) is 0 Å². The molecule has 0 spiro atoms. The quantitative estimate of drug-likeness (QED) is 0.798. The molecule has 1 saturated carbocycles. The van der Waals surface area contributed by atoms with Gasteiger partial charge in [0, 0.05) is 23.0 Å². The largest absolute Gasteiger partial charge is 0.351 e. The standard InChI is InChI=1S/C18H23N3O/c1-10-3-11(2)15-8-17(21-16(15)4-10)18(22)20-14-6-12-5-13(7-14)19-9-12/h3-4,8,12-14,19,21H,5-7,9H2,1-2H3,(H,20,22). The summed E-state index contributed by atoms with van der Waals surface area (Å²) in [5.74, 6) is 0.760. The molecule has 1 aromatic heterocycles. The minimum absolute atomic E-state index is 0.0274. The number of H-pyrrole nitrogens is 1. The number of rotatable bonds is 2. The normalized spacial score (nSPS) is 27.3. The van der Waals surface area contributed by atoms with Crippen LogP contribution in [0.1, 0.15) is 40.9 Å². The summed E-state index contributed by atoms with van der Waals surface area (Å²) in [6.45, 7) is 5.29. The first-order valence-electron chi connectivity index (χ1n) is 8.22. The number of aromatic nitrogens is 1. The van der Waals surface area contributed by atoms with Crippen molar-refractivity contribution in [3.63, 3.8) is 0 Å². The van der Waals surface area contributed by atoms with E-state index in [2.05, 4.69) is 41.6 Å². The Hall–Kier alpha value is -1.81. The van der Waals surface area contributed by atoms with Gasteiger partial charge in [-0.25, -0.2) is 0 Å². The lowest BCUT2D eigenvalue weighted by atomic mass is 9.86. The van der Waals surface area contributed by atoms with Gasteiger partial charge in [0.2, 0.25) is 0 Å². The highest BCUT2D eigenvalue weighted by Crippen LogP contribution is 2.29. The molecule has 1 amide bonds. The number of nitrogens with one attached hydrogen (secondary N) is 3. The van der Waals surface area contributed by atoms with E-state index in [9.17, 15) is 4.79 Å². The molecule has 2 aliphatic rings. The molecule has 3 atom stereocenters. The molecule has 1 aliphatic heterocycles. The number of fused-ring (bicyclic) bond motifs is 3. The number of benzene rings is 1. The maximum atomic E-state index is 12.5. The maximum Gasteiger partial charge on any atom is 0.267 e. The number of aromatic amines is 1. The van der Waals surface area contributed by atoms with Gasteiger partial charge < -0.3 is 15.6 Å². The van der Waals surface area contributed by atoms with Gasteiger partial charge in [0.25, 0.3) is 5.91 Å². The molecule has 2 bridgehead atoms. The van der Waals surface area contributed by atoms with Gasteiger partial charge in [-0.05, 0) is 68.8 Å². The molecule has 116 valence electrons. The Balaban J connectivity index is 1.54. The highest BCUT2D eigenvalue weighted by Gasteiger charge is 2.34. The highest BCUT2D eigenvalue weighted by atomic mass is 16.1. The molecule has 3 unspecified atom stereocenters. The molecular formula is C18H23N3O. The van der Waals surface area contributed by atoms with Gasteiger partial charge in [-0.2, -0.15) is 0 Å². The second-order valence-corrected chi connectivity index (χ2v) is 7.07. The number of hydrogen-bond donors (Lipinski definition) is 3. The van der Waals surface area contributed by atoms with Gasteiger partial charge >= 0.3 is 0 Å². The molecule has 1 saturated heterocycles. The molecule has 2 aromatic rings. The number of aryl methyl sites for hydroxylation is 2. The van der Waals surface area contributed by atoms with Crippen LogP contribution in [0.3, 0.4) is 0 Å². The Morgan fingerprint density at radius 1 is 1.18 bits per heavy atom. The Bertz CT molecular complexity index is 721. The second-order valence-electron chi connectivity index (χ2n) is 7.07. The van der Waals surface area contributed by atoms with Crippen molar-refractivity contribution in [2.75, 3.05) is 6.54 Å². The third-order valence-electron chi connectivity index (χ3n) is 5.17. The molecule has 4 heteroatoms. The summed E-state index contributed by atoms with van der Waals surface area (Å²) in [5.41, 5.74) is 4.15. The lowest BCUT2D eigenvalue weighted by molar-refractivity contribution is 0.0919. The molecule has 4 rings (SSSR count). The molecule has 1 aromatic carbocycles. The Morgan fingerprint density at radius 3 is 2.86 bits per heavy atom. The summed E-state index contributed by atoms with van der Waals surface area (Å²) in [6.07, 6.45) is 3.44. The predicted molar refractivity (Wildman–Crippen MR) is 88.2 cm³/mol. The topological polar surface area (TPSA) is 56.9 Å². The van der Waals surface area contributed by atoms with Crippen molar-refractivity contribution in [1.29, 1.82) is 0 Å². The van der Waals surface area contributed by atoms with E-state index in [1.54, 1.807) is 0 Å². The van der Waals surface area contributed by atoms with Crippen LogP contribution in [0.25, 0.3) is 10.9 Å². The van der Waals surface area contributed by atoms with Crippen LogP contribution in [0, 0.1) is 19.8 Å². The Labute approximate surface area is 130 Å². The number of carbonyl (C=O) groups excluding carboxylic acids is 1. The second kappa shape index (κ2) is 5.13. The minimum atomic E-state index is 0.0274. The lowest BCUT2D eigenvalue weighted by Gasteiger charge is -2.27. The van der Waals surface area contributed by atoms with Gasteiger partial charge in [0.15, 0.2) is 0 Å². The molecule has 0 radical (unpaired) electrons. The SMILES string of the molecule is Cc1cc(C)c2cc(C(=O)NC3CC4CNC(C4)C3)[nH]c2c1. The van der Waals surface area contributed by atoms with Crippen molar-refractivity contribution >= 4 is 16.8 Å². The third kappa shape index (κ3) is 2.41. The van der Waals surface area contributed by atoms with Crippen LogP contribution in [0.5, 0.6) is 0 Å². The summed E-state index contributed by atoms with van der Waals surface area (Å²) in [6, 6.07) is 7.14. The van der Waals surface area contributed by atoms with Gasteiger partial charge in [-0.15, -0.1) is 0 Å². The average molecular weight is 297 g/mol. The monoisotopic (exact) mass is 297 g/mol. The summed E-state index contributed by atoms with van der Waals surface area (Å²) >= 11 is 0. The van der Waals surface area contributed by atoms with Crippen molar-refractivity contribution in [1.82, 2.24) is 15.6 Å². The molecule has 2 heterocycles. The zero-order valence-corrected chi connectivity index (χ0v) is 13.2. The number of amides is 1. The molecule has 3 N–H and O–H groups in total. The molecule has 1 aliphatic carbocycles. The first-order chi connectivity index (χ1) is 10.6. The molecule has 2 fully saturated rings. The Kier molecular flexibility index (Phi) is 3.22. The van der Waals surface area contributed by atoms with Crippen LogP contribution in [-0.4, -0.2) is 29.5 Å². The van der Waals surface area contributed by atoms with Crippen LogP contribution >= 0.6 is 0 Å². The van der Waals surface area contributed by atoms with E-state index in [1.165, 1.54) is 17.5 Å². The third-order valence-corrected chi connectivity index (χ3v) is 5.17. The van der Waals surface area contributed by atoms with Crippen LogP contribution < -0.4 is 10.6 Å². The van der Waals surface area contributed by atoms with Gasteiger partial charge in [-0.1, -0.05) is 6.07 Å². The van der Waals surface area contributed by atoms with E-state index in [4.69, 9.17) is 0 Å². The van der Waals surface area contributed by atoms with Crippen molar-refractivity contribution in [2.45, 2.75) is 45.2 Å². The van der Waals surface area contributed by atoms with E-state index in [-0.39, 0.29) is 5.91 Å². The van der Waals surface area contributed by atoms with E-state index in [0.717, 1.165) is 36.2 Å². The van der Waals surface area contributed by atoms with Crippen molar-refractivity contribution in [2.24, 2.45) is 5.92 Å². The zero-order valence-electron chi connectivity index (χ0n) is 13.2. The maximum absolute atomic E-state index is 12.5. The summed E-state index contributed by atoms with van der Waals surface area (Å²) in [7, 11) is 0. The van der Waals surface area contributed by atoms with E-state index in [1.807, 2.05) is 6.07 Å². The van der Waals surface area contributed by atoms with Gasteiger partial charge in [0.05, 0.1) is 0 Å². The van der Waals surface area contributed by atoms with Gasteiger partial charge in [-0.3, -0.25) is 4.79 Å². The Morgan fingerprint density at radius 2 is 2.05 bits per heavy atom. The van der Waals surface area contributed by atoms with Crippen LogP contribution in [0.15, 0.2) is 18.2 Å². The summed E-state index contributed by atoms with van der Waals surface area (Å²) < 4.78 is 0. The number of hydrogen-bond acceptors (Lipinski definition) is 2. The minimum Gasteiger partial charge on any atom is -0.351 e. The lowest BCUT2D eigenvalue weighted by Crippen LogP contribution is -2.41. The first-order valence-corrected chi connectivity index (χ1v) is 8.22. The highest BCUT2D eigenvalue weighted by molar-refractivity contribution is 5.99. The summed E-state index contributed by atoms with van der Waals surface area (Å²) in [4.78, 5) is 15.8. The fourth-order valence-corrected chi connectivity index (χ4v) is 4.21. The van der Waals surface area contributed by atoms with E-state index in [0.29, 0.717) is 17.8 Å².